The van der Waals surface area contributed by atoms with Crippen molar-refractivity contribution < 1.29 is 24.1 Å². The van der Waals surface area contributed by atoms with Gasteiger partial charge in [-0.1, -0.05) is 13.3 Å². The quantitative estimate of drug-likeness (QED) is 0.875. The summed E-state index contributed by atoms with van der Waals surface area (Å²) in [5.41, 5.74) is 1.05. The number of fused-ring (bicyclic) bond motifs is 2. The largest absolute Gasteiger partial charge is 0.506 e. The Morgan fingerprint density at radius 2 is 2.04 bits per heavy atom. The average molecular weight is 316 g/mol. The van der Waals surface area contributed by atoms with Crippen LogP contribution >= 0.6 is 0 Å². The van der Waals surface area contributed by atoms with Crippen LogP contribution in [0.3, 0.4) is 0 Å². The van der Waals surface area contributed by atoms with Crippen molar-refractivity contribution in [3.8, 4) is 17.2 Å². The molecule has 1 aliphatic rings. The molecule has 23 heavy (non-hydrogen) atoms. The number of hydrogen-bond acceptors (Lipinski definition) is 5. The van der Waals surface area contributed by atoms with Crippen LogP contribution in [0.25, 0.3) is 10.8 Å². The topological polar surface area (TPSA) is 65.0 Å². The Hall–Kier alpha value is -2.43. The van der Waals surface area contributed by atoms with Gasteiger partial charge in [0.2, 0.25) is 0 Å². The van der Waals surface area contributed by atoms with Crippen molar-refractivity contribution in [2.45, 2.75) is 32.3 Å². The minimum absolute atomic E-state index is 0.0862. The lowest BCUT2D eigenvalue weighted by molar-refractivity contribution is 0.0233. The van der Waals surface area contributed by atoms with Gasteiger partial charge in [0, 0.05) is 12.5 Å². The van der Waals surface area contributed by atoms with Crippen LogP contribution in [0.15, 0.2) is 18.2 Å². The number of esters is 1. The molecule has 0 radical (unpaired) electrons. The fourth-order valence-corrected chi connectivity index (χ4v) is 3.16. The number of phenolic OH excluding ortho intramolecular Hbond substituents is 1. The maximum atomic E-state index is 12.3. The summed E-state index contributed by atoms with van der Waals surface area (Å²) < 4.78 is 16.1. The molecule has 0 spiro atoms. The molecule has 2 aromatic rings. The van der Waals surface area contributed by atoms with E-state index in [9.17, 15) is 9.90 Å². The van der Waals surface area contributed by atoms with Gasteiger partial charge >= 0.3 is 5.97 Å². The van der Waals surface area contributed by atoms with E-state index in [0.29, 0.717) is 23.3 Å². The normalized spacial score (nSPS) is 16.8. The van der Waals surface area contributed by atoms with E-state index in [1.54, 1.807) is 13.2 Å². The van der Waals surface area contributed by atoms with Crippen LogP contribution < -0.4 is 9.47 Å². The molecule has 1 heterocycles. The number of cyclic esters (lactones) is 1. The number of benzene rings is 2. The third kappa shape index (κ3) is 2.56. The third-order valence-corrected chi connectivity index (χ3v) is 4.22. The zero-order valence-corrected chi connectivity index (χ0v) is 13.5. The van der Waals surface area contributed by atoms with Crippen molar-refractivity contribution in [2.24, 2.45) is 0 Å². The van der Waals surface area contributed by atoms with Crippen LogP contribution in [0.5, 0.6) is 17.2 Å². The standard InChI is InChI=1S/C18H20O5/c1-4-5-12-7-11-6-10-8-13(21-2)9-14(22-3)15(10)17(19)16(11)18(20)23-12/h6,8-9,12,19H,4-5,7H2,1-3H3/t12-/m0/s1. The van der Waals surface area contributed by atoms with Gasteiger partial charge in [-0.15, -0.1) is 0 Å². The molecule has 5 heteroatoms. The lowest BCUT2D eigenvalue weighted by Gasteiger charge is -2.26. The van der Waals surface area contributed by atoms with E-state index < -0.39 is 5.97 Å². The van der Waals surface area contributed by atoms with Crippen LogP contribution in [-0.2, 0) is 11.2 Å². The van der Waals surface area contributed by atoms with Gasteiger partial charge in [-0.2, -0.15) is 0 Å². The maximum absolute atomic E-state index is 12.3. The van der Waals surface area contributed by atoms with E-state index in [1.807, 2.05) is 12.1 Å². The molecule has 1 aliphatic heterocycles. The third-order valence-electron chi connectivity index (χ3n) is 4.22. The predicted molar refractivity (Wildman–Crippen MR) is 86.5 cm³/mol. The van der Waals surface area contributed by atoms with Gasteiger partial charge in [0.1, 0.15) is 28.9 Å². The number of methoxy groups -OCH3 is 2. The molecule has 0 bridgehead atoms. The molecule has 0 aliphatic carbocycles. The minimum atomic E-state index is -0.470. The van der Waals surface area contributed by atoms with Crippen molar-refractivity contribution in [2.75, 3.05) is 14.2 Å². The zero-order chi connectivity index (χ0) is 16.6. The van der Waals surface area contributed by atoms with E-state index in [2.05, 4.69) is 6.92 Å². The number of hydrogen-bond donors (Lipinski definition) is 1. The van der Waals surface area contributed by atoms with Crippen molar-refractivity contribution in [3.63, 3.8) is 0 Å². The van der Waals surface area contributed by atoms with E-state index in [4.69, 9.17) is 14.2 Å². The summed E-state index contributed by atoms with van der Waals surface area (Å²) >= 11 is 0. The van der Waals surface area contributed by atoms with Crippen molar-refractivity contribution in [1.82, 2.24) is 0 Å². The zero-order valence-electron chi connectivity index (χ0n) is 13.5. The van der Waals surface area contributed by atoms with Crippen LogP contribution in [-0.4, -0.2) is 31.4 Å². The van der Waals surface area contributed by atoms with E-state index in [1.165, 1.54) is 7.11 Å². The summed E-state index contributed by atoms with van der Waals surface area (Å²) in [4.78, 5) is 12.3. The summed E-state index contributed by atoms with van der Waals surface area (Å²) in [6, 6.07) is 5.42. The predicted octanol–water partition coefficient (Wildman–Crippen LogP) is 3.44. The molecule has 0 aromatic heterocycles. The van der Waals surface area contributed by atoms with Gasteiger partial charge in [0.15, 0.2) is 0 Å². The van der Waals surface area contributed by atoms with Crippen molar-refractivity contribution in [1.29, 1.82) is 0 Å². The summed E-state index contributed by atoms with van der Waals surface area (Å²) in [6.45, 7) is 2.05. The molecule has 3 rings (SSSR count). The molecule has 1 atom stereocenters. The molecule has 1 N–H and O–H groups in total. The Bertz CT molecular complexity index is 766. The van der Waals surface area contributed by atoms with E-state index >= 15 is 0 Å². The number of phenols is 1. The lowest BCUT2D eigenvalue weighted by Crippen LogP contribution is -2.27. The highest BCUT2D eigenvalue weighted by molar-refractivity contribution is 6.06. The first-order valence-corrected chi connectivity index (χ1v) is 7.70. The van der Waals surface area contributed by atoms with Gasteiger partial charge < -0.3 is 19.3 Å². The van der Waals surface area contributed by atoms with Gasteiger partial charge in [0.05, 0.1) is 19.6 Å². The summed E-state index contributed by atoms with van der Waals surface area (Å²) in [6.07, 6.45) is 2.22. The Morgan fingerprint density at radius 1 is 1.26 bits per heavy atom. The summed E-state index contributed by atoms with van der Waals surface area (Å²) in [7, 11) is 3.09. The molecule has 0 amide bonds. The number of ether oxygens (including phenoxy) is 3. The second-order valence-electron chi connectivity index (χ2n) is 5.71. The monoisotopic (exact) mass is 316 g/mol. The number of rotatable bonds is 4. The molecule has 0 saturated carbocycles. The fourth-order valence-electron chi connectivity index (χ4n) is 3.16. The summed E-state index contributed by atoms with van der Waals surface area (Å²) in [5, 5.41) is 11.9. The van der Waals surface area contributed by atoms with Crippen molar-refractivity contribution in [3.05, 3.63) is 29.3 Å². The van der Waals surface area contributed by atoms with Crippen LogP contribution in [0.2, 0.25) is 0 Å². The second-order valence-corrected chi connectivity index (χ2v) is 5.71. The Labute approximate surface area is 134 Å². The first-order chi connectivity index (χ1) is 11.1. The maximum Gasteiger partial charge on any atom is 0.342 e. The number of aromatic hydroxyl groups is 1. The summed E-state index contributed by atoms with van der Waals surface area (Å²) in [5.74, 6) is 0.541. The van der Waals surface area contributed by atoms with E-state index in [0.717, 1.165) is 23.8 Å². The molecule has 0 saturated heterocycles. The smallest absolute Gasteiger partial charge is 0.342 e. The molecule has 0 unspecified atom stereocenters. The fraction of sp³-hybridized carbons (Fsp3) is 0.389. The van der Waals surface area contributed by atoms with E-state index in [-0.39, 0.29) is 17.4 Å². The highest BCUT2D eigenvalue weighted by atomic mass is 16.5. The molecular formula is C18H20O5. The first-order valence-electron chi connectivity index (χ1n) is 7.70. The second kappa shape index (κ2) is 5.99. The molecule has 122 valence electrons. The van der Waals surface area contributed by atoms with Gasteiger partial charge in [-0.25, -0.2) is 4.79 Å². The number of carbonyl (C=O) groups excluding carboxylic acids is 1. The number of carbonyl (C=O) groups is 1. The van der Waals surface area contributed by atoms with Gasteiger partial charge in [0.25, 0.3) is 0 Å². The van der Waals surface area contributed by atoms with Crippen LogP contribution in [0.1, 0.15) is 35.7 Å². The minimum Gasteiger partial charge on any atom is -0.506 e. The first kappa shape index (κ1) is 15.5. The highest BCUT2D eigenvalue weighted by Crippen LogP contribution is 2.42. The van der Waals surface area contributed by atoms with Gasteiger partial charge in [-0.3, -0.25) is 0 Å². The molecular weight excluding hydrogens is 296 g/mol. The van der Waals surface area contributed by atoms with Crippen LogP contribution in [0, 0.1) is 0 Å². The highest BCUT2D eigenvalue weighted by Gasteiger charge is 2.30. The van der Waals surface area contributed by atoms with Crippen LogP contribution in [0.4, 0.5) is 0 Å². The molecule has 5 nitrogen and oxygen atoms in total. The SMILES string of the molecule is CCC[C@H]1Cc2cc3cc(OC)cc(OC)c3c(O)c2C(=O)O1. The Balaban J connectivity index is 2.23. The Morgan fingerprint density at radius 3 is 2.70 bits per heavy atom. The average Bonchev–Trinajstić information content (AvgIpc) is 2.53. The van der Waals surface area contributed by atoms with Crippen molar-refractivity contribution >= 4 is 16.7 Å². The molecule has 2 aromatic carbocycles. The molecule has 0 fully saturated rings. The Kier molecular flexibility index (Phi) is 4.03. The lowest BCUT2D eigenvalue weighted by atomic mass is 9.92. The van der Waals surface area contributed by atoms with Gasteiger partial charge in [-0.05, 0) is 29.5 Å².